The fourth-order valence-corrected chi connectivity index (χ4v) is 1.86. The van der Waals surface area contributed by atoms with Crippen LogP contribution >= 0.6 is 0 Å². The normalized spacial score (nSPS) is 10.8. The van der Waals surface area contributed by atoms with Gasteiger partial charge in [-0.15, -0.1) is 0 Å². The lowest BCUT2D eigenvalue weighted by atomic mass is 10.2. The van der Waals surface area contributed by atoms with Crippen molar-refractivity contribution < 1.29 is 9.31 Å². The molecule has 2 aromatic carbocycles. The van der Waals surface area contributed by atoms with Gasteiger partial charge in [0.2, 0.25) is 0 Å². The molecular formula is C13H8FN3O2. The van der Waals surface area contributed by atoms with Crippen LogP contribution in [-0.2, 0) is 0 Å². The number of nitrogens with one attached hydrogen (secondary N) is 1. The summed E-state index contributed by atoms with van der Waals surface area (Å²) in [5, 5.41) is 10.6. The minimum absolute atomic E-state index is 0.0194. The van der Waals surface area contributed by atoms with Crippen molar-refractivity contribution in [1.82, 2.24) is 9.97 Å². The molecule has 0 aliphatic heterocycles. The predicted molar refractivity (Wildman–Crippen MR) is 68.1 cm³/mol. The van der Waals surface area contributed by atoms with Gasteiger partial charge in [0, 0.05) is 23.8 Å². The standard InChI is InChI=1S/C13H8FN3O2/c14-9-3-6-11-12(7-9)16-13(15-11)8-1-4-10(5-2-8)17(18)19/h1-7H,(H,15,16). The van der Waals surface area contributed by atoms with Crippen molar-refractivity contribution in [2.45, 2.75) is 0 Å². The SMILES string of the molecule is O=[N+]([O-])c1ccc(-c2nc3cc(F)ccc3[nH]2)cc1. The van der Waals surface area contributed by atoms with Crippen LogP contribution in [0.25, 0.3) is 22.4 Å². The maximum absolute atomic E-state index is 13.1. The maximum Gasteiger partial charge on any atom is 0.269 e. The number of hydrogen-bond donors (Lipinski definition) is 1. The van der Waals surface area contributed by atoms with Crippen LogP contribution in [0.3, 0.4) is 0 Å². The molecule has 0 amide bonds. The second kappa shape index (κ2) is 4.16. The molecule has 1 N–H and O–H groups in total. The van der Waals surface area contributed by atoms with Crippen LogP contribution in [0.2, 0.25) is 0 Å². The Balaban J connectivity index is 2.06. The lowest BCUT2D eigenvalue weighted by Gasteiger charge is -1.95. The van der Waals surface area contributed by atoms with E-state index >= 15 is 0 Å². The molecule has 5 nitrogen and oxygen atoms in total. The van der Waals surface area contributed by atoms with Crippen molar-refractivity contribution in [3.05, 3.63) is 58.4 Å². The molecule has 1 aromatic heterocycles. The molecule has 0 bridgehead atoms. The second-order valence-electron chi connectivity index (χ2n) is 4.05. The minimum Gasteiger partial charge on any atom is -0.338 e. The molecule has 0 saturated carbocycles. The maximum atomic E-state index is 13.1. The summed E-state index contributed by atoms with van der Waals surface area (Å²) in [6.07, 6.45) is 0. The number of rotatable bonds is 2. The van der Waals surface area contributed by atoms with Gasteiger partial charge in [-0.25, -0.2) is 9.37 Å². The summed E-state index contributed by atoms with van der Waals surface area (Å²) in [5.74, 6) is 0.199. The van der Waals surface area contributed by atoms with E-state index in [9.17, 15) is 14.5 Å². The van der Waals surface area contributed by atoms with E-state index in [2.05, 4.69) is 9.97 Å². The van der Waals surface area contributed by atoms with Crippen LogP contribution in [0.15, 0.2) is 42.5 Å². The molecule has 0 radical (unpaired) electrons. The van der Waals surface area contributed by atoms with E-state index < -0.39 is 4.92 Å². The Bertz CT molecular complexity index is 765. The Labute approximate surface area is 106 Å². The number of hydrogen-bond acceptors (Lipinski definition) is 3. The minimum atomic E-state index is -0.461. The Kier molecular flexibility index (Phi) is 2.49. The molecule has 1 heterocycles. The fraction of sp³-hybridized carbons (Fsp3) is 0. The summed E-state index contributed by atoms with van der Waals surface area (Å²) < 4.78 is 13.1. The summed E-state index contributed by atoms with van der Waals surface area (Å²) >= 11 is 0. The lowest BCUT2D eigenvalue weighted by molar-refractivity contribution is -0.384. The van der Waals surface area contributed by atoms with Crippen molar-refractivity contribution in [2.75, 3.05) is 0 Å². The summed E-state index contributed by atoms with van der Waals surface area (Å²) in [6.45, 7) is 0. The molecule has 0 spiro atoms. The number of benzene rings is 2. The quantitative estimate of drug-likeness (QED) is 0.565. The van der Waals surface area contributed by atoms with Crippen molar-refractivity contribution in [1.29, 1.82) is 0 Å². The van der Waals surface area contributed by atoms with Crippen molar-refractivity contribution in [3.63, 3.8) is 0 Å². The van der Waals surface area contributed by atoms with Gasteiger partial charge in [-0.1, -0.05) is 0 Å². The second-order valence-corrected chi connectivity index (χ2v) is 4.05. The first-order chi connectivity index (χ1) is 9.13. The number of aromatic nitrogens is 2. The number of imidazole rings is 1. The van der Waals surface area contributed by atoms with Gasteiger partial charge in [0.15, 0.2) is 0 Å². The largest absolute Gasteiger partial charge is 0.338 e. The first-order valence-electron chi connectivity index (χ1n) is 5.53. The lowest BCUT2D eigenvalue weighted by Crippen LogP contribution is -1.87. The van der Waals surface area contributed by atoms with Crippen LogP contribution in [0.5, 0.6) is 0 Å². The smallest absolute Gasteiger partial charge is 0.269 e. The van der Waals surface area contributed by atoms with Crippen LogP contribution in [0.4, 0.5) is 10.1 Å². The number of non-ortho nitro benzene ring substituents is 1. The Morgan fingerprint density at radius 2 is 1.89 bits per heavy atom. The molecule has 0 atom stereocenters. The van der Waals surface area contributed by atoms with Gasteiger partial charge in [-0.3, -0.25) is 10.1 Å². The number of aromatic amines is 1. The first-order valence-corrected chi connectivity index (χ1v) is 5.53. The zero-order chi connectivity index (χ0) is 13.4. The van der Waals surface area contributed by atoms with E-state index in [1.165, 1.54) is 24.3 Å². The molecule has 3 aromatic rings. The molecule has 94 valence electrons. The zero-order valence-electron chi connectivity index (χ0n) is 9.63. The van der Waals surface area contributed by atoms with Gasteiger partial charge in [-0.2, -0.15) is 0 Å². The highest BCUT2D eigenvalue weighted by Gasteiger charge is 2.08. The predicted octanol–water partition coefficient (Wildman–Crippen LogP) is 3.28. The molecule has 0 aliphatic rings. The molecule has 19 heavy (non-hydrogen) atoms. The third-order valence-corrected chi connectivity index (χ3v) is 2.80. The van der Waals surface area contributed by atoms with E-state index in [1.54, 1.807) is 18.2 Å². The Morgan fingerprint density at radius 1 is 1.16 bits per heavy atom. The van der Waals surface area contributed by atoms with Gasteiger partial charge in [0.05, 0.1) is 16.0 Å². The summed E-state index contributed by atoms with van der Waals surface area (Å²) in [5.41, 5.74) is 1.97. The number of fused-ring (bicyclic) bond motifs is 1. The van der Waals surface area contributed by atoms with Crippen LogP contribution in [0, 0.1) is 15.9 Å². The zero-order valence-corrected chi connectivity index (χ0v) is 9.63. The highest BCUT2D eigenvalue weighted by atomic mass is 19.1. The van der Waals surface area contributed by atoms with Gasteiger partial charge in [-0.05, 0) is 24.3 Å². The number of halogens is 1. The molecule has 6 heteroatoms. The fourth-order valence-electron chi connectivity index (χ4n) is 1.86. The van der Waals surface area contributed by atoms with E-state index in [-0.39, 0.29) is 11.5 Å². The van der Waals surface area contributed by atoms with Crippen molar-refractivity contribution >= 4 is 16.7 Å². The van der Waals surface area contributed by atoms with Crippen LogP contribution in [0.1, 0.15) is 0 Å². The van der Waals surface area contributed by atoms with Crippen LogP contribution in [-0.4, -0.2) is 14.9 Å². The molecule has 0 fully saturated rings. The van der Waals surface area contributed by atoms with Crippen molar-refractivity contribution in [3.8, 4) is 11.4 Å². The molecule has 0 saturated heterocycles. The Hall–Kier alpha value is -2.76. The van der Waals surface area contributed by atoms with Gasteiger partial charge in [0.1, 0.15) is 11.6 Å². The van der Waals surface area contributed by atoms with E-state index in [0.29, 0.717) is 16.9 Å². The average molecular weight is 257 g/mol. The summed E-state index contributed by atoms with van der Waals surface area (Å²) in [6, 6.07) is 10.3. The number of nitro benzene ring substituents is 1. The summed E-state index contributed by atoms with van der Waals surface area (Å²) in [7, 11) is 0. The van der Waals surface area contributed by atoms with E-state index in [4.69, 9.17) is 0 Å². The number of nitrogens with zero attached hydrogens (tertiary/aromatic N) is 2. The van der Waals surface area contributed by atoms with Gasteiger partial charge < -0.3 is 4.98 Å². The van der Waals surface area contributed by atoms with Gasteiger partial charge >= 0.3 is 0 Å². The molecular weight excluding hydrogens is 249 g/mol. The van der Waals surface area contributed by atoms with E-state index in [0.717, 1.165) is 5.52 Å². The van der Waals surface area contributed by atoms with Crippen LogP contribution < -0.4 is 0 Å². The third-order valence-electron chi connectivity index (χ3n) is 2.80. The Morgan fingerprint density at radius 3 is 2.58 bits per heavy atom. The third kappa shape index (κ3) is 2.03. The molecule has 0 unspecified atom stereocenters. The highest BCUT2D eigenvalue weighted by Crippen LogP contribution is 2.23. The van der Waals surface area contributed by atoms with Crippen molar-refractivity contribution in [2.24, 2.45) is 0 Å². The molecule has 0 aliphatic carbocycles. The highest BCUT2D eigenvalue weighted by molar-refractivity contribution is 5.79. The first kappa shape index (κ1) is 11.3. The van der Waals surface area contributed by atoms with Gasteiger partial charge in [0.25, 0.3) is 5.69 Å². The van der Waals surface area contributed by atoms with E-state index in [1.807, 2.05) is 0 Å². The number of nitro groups is 1. The molecule has 3 rings (SSSR count). The topological polar surface area (TPSA) is 71.8 Å². The summed E-state index contributed by atoms with van der Waals surface area (Å²) in [4.78, 5) is 17.4. The monoisotopic (exact) mass is 257 g/mol. The number of H-pyrrole nitrogens is 1. The average Bonchev–Trinajstić information content (AvgIpc) is 2.81.